The van der Waals surface area contributed by atoms with Gasteiger partial charge in [0.1, 0.15) is 0 Å². The number of esters is 1. The number of hydrogen-bond donors (Lipinski definition) is 3. The first-order valence-electron chi connectivity index (χ1n) is 29.6. The second-order valence-electron chi connectivity index (χ2n) is 20.3. The van der Waals surface area contributed by atoms with Gasteiger partial charge in [-0.3, -0.25) is 9.59 Å². The van der Waals surface area contributed by atoms with Crippen molar-refractivity contribution in [2.24, 2.45) is 0 Å². The Kier molecular flexibility index (Phi) is 54.5. The fourth-order valence-electron chi connectivity index (χ4n) is 9.20. The van der Waals surface area contributed by atoms with Gasteiger partial charge in [0.25, 0.3) is 0 Å². The zero-order chi connectivity index (χ0) is 47.9. The Hall–Kier alpha value is -1.66. The van der Waals surface area contributed by atoms with Crippen LogP contribution in [0.2, 0.25) is 0 Å². The highest BCUT2D eigenvalue weighted by molar-refractivity contribution is 5.76. The van der Waals surface area contributed by atoms with E-state index in [1.54, 1.807) is 0 Å². The van der Waals surface area contributed by atoms with E-state index in [9.17, 15) is 19.8 Å². The van der Waals surface area contributed by atoms with Crippen LogP contribution in [-0.4, -0.2) is 47.4 Å². The van der Waals surface area contributed by atoms with Gasteiger partial charge in [-0.15, -0.1) is 0 Å². The Morgan fingerprint density at radius 1 is 0.424 bits per heavy atom. The third-order valence-corrected chi connectivity index (χ3v) is 13.8. The van der Waals surface area contributed by atoms with Crippen molar-refractivity contribution in [3.63, 3.8) is 0 Å². The average Bonchev–Trinajstić information content (AvgIpc) is 3.32. The minimum absolute atomic E-state index is 0.0113. The molecule has 0 spiro atoms. The molecule has 0 radical (unpaired) electrons. The summed E-state index contributed by atoms with van der Waals surface area (Å²) < 4.78 is 5.47. The van der Waals surface area contributed by atoms with Crippen molar-refractivity contribution in [1.82, 2.24) is 5.32 Å². The summed E-state index contributed by atoms with van der Waals surface area (Å²) >= 11 is 0. The maximum Gasteiger partial charge on any atom is 0.305 e. The van der Waals surface area contributed by atoms with Gasteiger partial charge in [-0.2, -0.15) is 0 Å². The number of allylic oxidation sites excluding steroid dienone is 4. The Balaban J connectivity index is 3.39. The molecule has 0 aromatic carbocycles. The molecule has 3 N–H and O–H groups in total. The Morgan fingerprint density at radius 3 is 1.15 bits per heavy atom. The summed E-state index contributed by atoms with van der Waals surface area (Å²) in [7, 11) is 0. The normalized spacial score (nSPS) is 12.7. The zero-order valence-electron chi connectivity index (χ0n) is 44.4. The molecular formula is C60H115NO5. The minimum atomic E-state index is -0.664. The highest BCUT2D eigenvalue weighted by Crippen LogP contribution is 2.17. The molecule has 66 heavy (non-hydrogen) atoms. The van der Waals surface area contributed by atoms with Crippen LogP contribution in [0.15, 0.2) is 24.3 Å². The summed E-state index contributed by atoms with van der Waals surface area (Å²) in [5.41, 5.74) is 0. The van der Waals surface area contributed by atoms with Gasteiger partial charge in [-0.1, -0.05) is 276 Å². The quantitative estimate of drug-likeness (QED) is 0.0321. The topological polar surface area (TPSA) is 95.9 Å². The van der Waals surface area contributed by atoms with Gasteiger partial charge in [0.15, 0.2) is 0 Å². The van der Waals surface area contributed by atoms with Crippen LogP contribution in [0.25, 0.3) is 0 Å². The molecule has 0 heterocycles. The molecule has 390 valence electrons. The van der Waals surface area contributed by atoms with Crippen LogP contribution in [0.3, 0.4) is 0 Å². The van der Waals surface area contributed by atoms with Gasteiger partial charge < -0.3 is 20.3 Å². The molecule has 0 bridgehead atoms. The summed E-state index contributed by atoms with van der Waals surface area (Å²) in [4.78, 5) is 24.4. The van der Waals surface area contributed by atoms with Gasteiger partial charge in [-0.25, -0.2) is 0 Å². The second-order valence-corrected chi connectivity index (χ2v) is 20.3. The Labute approximate surface area is 411 Å². The molecule has 2 atom stereocenters. The average molecular weight is 931 g/mol. The van der Waals surface area contributed by atoms with Crippen molar-refractivity contribution >= 4 is 11.9 Å². The number of amides is 1. The third-order valence-electron chi connectivity index (χ3n) is 13.8. The lowest BCUT2D eigenvalue weighted by molar-refractivity contribution is -0.143. The van der Waals surface area contributed by atoms with Gasteiger partial charge in [0.2, 0.25) is 5.91 Å². The fourth-order valence-corrected chi connectivity index (χ4v) is 9.20. The summed E-state index contributed by atoms with van der Waals surface area (Å²) in [6, 6.07) is -0.541. The second kappa shape index (κ2) is 55.9. The molecule has 0 aromatic rings. The van der Waals surface area contributed by atoms with Crippen LogP contribution in [0.5, 0.6) is 0 Å². The summed E-state index contributed by atoms with van der Waals surface area (Å²) in [5.74, 6) is -0.0278. The van der Waals surface area contributed by atoms with Gasteiger partial charge >= 0.3 is 5.97 Å². The van der Waals surface area contributed by atoms with E-state index >= 15 is 0 Å². The molecular weight excluding hydrogens is 815 g/mol. The molecule has 0 saturated carbocycles. The number of rotatable bonds is 55. The first kappa shape index (κ1) is 64.3. The number of carbonyl (C=O) groups excluding carboxylic acids is 2. The van der Waals surface area contributed by atoms with Crippen LogP contribution >= 0.6 is 0 Å². The number of hydrogen-bond acceptors (Lipinski definition) is 5. The standard InChI is InChI=1S/C60H115NO5/c1-3-5-7-9-11-13-15-34-38-42-46-50-54-60(65)66-55-51-47-43-39-35-32-30-28-26-24-22-20-18-16-17-19-21-23-25-27-29-31-33-37-41-45-49-53-59(64)61-57(56-62)58(63)52-48-44-40-36-14-12-10-8-6-4-2/h16-17,20,22,57-58,62-63H,3-15,18-19,21,23-56H2,1-2H3,(H,61,64)/b17-16-,22-20-. The van der Waals surface area contributed by atoms with Crippen molar-refractivity contribution in [2.75, 3.05) is 13.2 Å². The third kappa shape index (κ3) is 51.7. The predicted octanol–water partition coefficient (Wildman–Crippen LogP) is 18.2. The number of ether oxygens (including phenoxy) is 1. The van der Waals surface area contributed by atoms with E-state index < -0.39 is 12.1 Å². The largest absolute Gasteiger partial charge is 0.466 e. The maximum atomic E-state index is 12.4. The molecule has 2 unspecified atom stereocenters. The molecule has 0 fully saturated rings. The first-order chi connectivity index (χ1) is 32.5. The highest BCUT2D eigenvalue weighted by atomic mass is 16.5. The number of carbonyl (C=O) groups is 2. The van der Waals surface area contributed by atoms with E-state index in [4.69, 9.17) is 4.74 Å². The minimum Gasteiger partial charge on any atom is -0.466 e. The van der Waals surface area contributed by atoms with Gasteiger partial charge in [0.05, 0.1) is 25.4 Å². The molecule has 0 rings (SSSR count). The van der Waals surface area contributed by atoms with Crippen molar-refractivity contribution in [1.29, 1.82) is 0 Å². The van der Waals surface area contributed by atoms with Crippen molar-refractivity contribution in [2.45, 2.75) is 334 Å². The number of unbranched alkanes of at least 4 members (excludes halogenated alkanes) is 40. The summed E-state index contributed by atoms with van der Waals surface area (Å²) in [6.45, 7) is 4.94. The van der Waals surface area contributed by atoms with E-state index in [0.29, 0.717) is 25.9 Å². The predicted molar refractivity (Wildman–Crippen MR) is 287 cm³/mol. The SMILES string of the molecule is CCCCCCCCCCCCCCC(=O)OCCCCCCCCCCC/C=C\C/C=C\CCCCCCCCCCCCCC(=O)NC(CO)C(O)CCCCCCCCCCCC. The molecule has 6 nitrogen and oxygen atoms in total. The highest BCUT2D eigenvalue weighted by Gasteiger charge is 2.20. The fraction of sp³-hybridized carbons (Fsp3) is 0.900. The van der Waals surface area contributed by atoms with E-state index in [0.717, 1.165) is 44.9 Å². The van der Waals surface area contributed by atoms with E-state index in [-0.39, 0.29) is 18.5 Å². The lowest BCUT2D eigenvalue weighted by Crippen LogP contribution is -2.45. The monoisotopic (exact) mass is 930 g/mol. The number of aliphatic hydroxyl groups excluding tert-OH is 2. The molecule has 1 amide bonds. The summed E-state index contributed by atoms with van der Waals surface area (Å²) in [5, 5.41) is 23.1. The first-order valence-corrected chi connectivity index (χ1v) is 29.6. The van der Waals surface area contributed by atoms with Crippen molar-refractivity contribution in [3.05, 3.63) is 24.3 Å². The molecule has 0 aliphatic carbocycles. The van der Waals surface area contributed by atoms with Crippen LogP contribution in [-0.2, 0) is 14.3 Å². The van der Waals surface area contributed by atoms with E-state index in [2.05, 4.69) is 43.5 Å². The Morgan fingerprint density at radius 2 is 0.758 bits per heavy atom. The van der Waals surface area contributed by atoms with Gasteiger partial charge in [0, 0.05) is 12.8 Å². The molecule has 0 aliphatic heterocycles. The van der Waals surface area contributed by atoms with Crippen LogP contribution < -0.4 is 5.32 Å². The van der Waals surface area contributed by atoms with Crippen LogP contribution in [0, 0.1) is 0 Å². The molecule has 0 aromatic heterocycles. The lowest BCUT2D eigenvalue weighted by atomic mass is 10.0. The molecule has 0 saturated heterocycles. The molecule has 0 aliphatic rings. The Bertz CT molecular complexity index is 1030. The summed E-state index contributed by atoms with van der Waals surface area (Å²) in [6.07, 6.45) is 67.6. The van der Waals surface area contributed by atoms with E-state index in [1.165, 1.54) is 244 Å². The molecule has 6 heteroatoms. The van der Waals surface area contributed by atoms with Gasteiger partial charge in [-0.05, 0) is 57.8 Å². The number of nitrogens with one attached hydrogen (secondary N) is 1. The van der Waals surface area contributed by atoms with Crippen LogP contribution in [0.4, 0.5) is 0 Å². The van der Waals surface area contributed by atoms with Crippen molar-refractivity contribution in [3.8, 4) is 0 Å². The smallest absolute Gasteiger partial charge is 0.305 e. The zero-order valence-corrected chi connectivity index (χ0v) is 44.4. The maximum absolute atomic E-state index is 12.4. The van der Waals surface area contributed by atoms with Crippen molar-refractivity contribution < 1.29 is 24.5 Å². The van der Waals surface area contributed by atoms with E-state index in [1.807, 2.05) is 0 Å². The van der Waals surface area contributed by atoms with Crippen LogP contribution in [0.1, 0.15) is 322 Å². The number of aliphatic hydroxyl groups is 2. The lowest BCUT2D eigenvalue weighted by Gasteiger charge is -2.22.